The summed E-state index contributed by atoms with van der Waals surface area (Å²) in [7, 11) is -0.194. The van der Waals surface area contributed by atoms with Gasteiger partial charge in [-0.3, -0.25) is 0 Å². The predicted molar refractivity (Wildman–Crippen MR) is 61.3 cm³/mol. The molecule has 12 heavy (non-hydrogen) atoms. The maximum Gasteiger partial charge on any atom is 0.171 e. The molecule has 0 amide bonds. The van der Waals surface area contributed by atoms with Crippen LogP contribution in [0.25, 0.3) is 0 Å². The highest BCUT2D eigenvalue weighted by Gasteiger charge is 2.39. The Labute approximate surface area is 86.4 Å². The van der Waals surface area contributed by atoms with E-state index in [1.165, 1.54) is 19.3 Å². The highest BCUT2D eigenvalue weighted by atomic mass is 79.9. The van der Waals surface area contributed by atoms with Gasteiger partial charge in [0.1, 0.15) is 0 Å². The molecule has 1 heterocycles. The van der Waals surface area contributed by atoms with Crippen LogP contribution < -0.4 is 0 Å². The standard InChI is InChI=1S/C9H20BrNSi/c1-8(2)6-5-7-9(3,4)11(8)12-10/h5-7,12H2,1-4H3. The molecule has 1 saturated heterocycles. The van der Waals surface area contributed by atoms with Gasteiger partial charge in [-0.25, -0.2) is 0 Å². The quantitative estimate of drug-likeness (QED) is 0.510. The van der Waals surface area contributed by atoms with Crippen LogP contribution in [0, 0.1) is 0 Å². The second-order valence-corrected chi connectivity index (χ2v) is 7.40. The van der Waals surface area contributed by atoms with Crippen molar-refractivity contribution in [3.63, 3.8) is 0 Å². The van der Waals surface area contributed by atoms with Crippen LogP contribution in [-0.4, -0.2) is 23.9 Å². The lowest BCUT2D eigenvalue weighted by atomic mass is 9.83. The number of halogens is 1. The Morgan fingerprint density at radius 2 is 1.50 bits per heavy atom. The molecule has 0 N–H and O–H groups in total. The van der Waals surface area contributed by atoms with E-state index in [1.54, 1.807) is 0 Å². The van der Waals surface area contributed by atoms with Gasteiger partial charge in [0.2, 0.25) is 0 Å². The van der Waals surface area contributed by atoms with Crippen LogP contribution in [0.3, 0.4) is 0 Å². The van der Waals surface area contributed by atoms with E-state index in [9.17, 15) is 0 Å². The molecule has 0 aromatic carbocycles. The minimum absolute atomic E-state index is 0.194. The van der Waals surface area contributed by atoms with Crippen molar-refractivity contribution in [2.24, 2.45) is 0 Å². The van der Waals surface area contributed by atoms with Crippen LogP contribution >= 0.6 is 15.3 Å². The van der Waals surface area contributed by atoms with Gasteiger partial charge in [-0.1, -0.05) is 0 Å². The Kier molecular flexibility index (Phi) is 3.07. The van der Waals surface area contributed by atoms with Gasteiger partial charge in [0.15, 0.2) is 8.30 Å². The Hall–Kier alpha value is 0.657. The van der Waals surface area contributed by atoms with Crippen molar-refractivity contribution < 1.29 is 0 Å². The van der Waals surface area contributed by atoms with Crippen molar-refractivity contribution in [1.82, 2.24) is 4.57 Å². The summed E-state index contributed by atoms with van der Waals surface area (Å²) in [6.07, 6.45) is 4.10. The first kappa shape index (κ1) is 10.7. The van der Waals surface area contributed by atoms with Crippen molar-refractivity contribution in [1.29, 1.82) is 0 Å². The van der Waals surface area contributed by atoms with E-state index in [0.717, 1.165) is 0 Å². The number of hydrogen-bond acceptors (Lipinski definition) is 1. The summed E-state index contributed by atoms with van der Waals surface area (Å²) in [5, 5.41) is 0. The number of rotatable bonds is 1. The summed E-state index contributed by atoms with van der Waals surface area (Å²) >= 11 is 3.73. The third-order valence-electron chi connectivity index (χ3n) is 3.16. The lowest BCUT2D eigenvalue weighted by Crippen LogP contribution is -2.58. The lowest BCUT2D eigenvalue weighted by molar-refractivity contribution is 0.0567. The van der Waals surface area contributed by atoms with Gasteiger partial charge in [-0.15, -0.1) is 15.3 Å². The van der Waals surface area contributed by atoms with Gasteiger partial charge >= 0.3 is 0 Å². The average molecular weight is 250 g/mol. The fraction of sp³-hybridized carbons (Fsp3) is 1.00. The van der Waals surface area contributed by atoms with Crippen LogP contribution in [0.15, 0.2) is 0 Å². The van der Waals surface area contributed by atoms with Crippen molar-refractivity contribution in [2.45, 2.75) is 58.0 Å². The smallest absolute Gasteiger partial charge is 0.171 e. The summed E-state index contributed by atoms with van der Waals surface area (Å²) in [6, 6.07) is 0. The van der Waals surface area contributed by atoms with Crippen LogP contribution in [0.5, 0.6) is 0 Å². The first-order chi connectivity index (χ1) is 5.40. The maximum absolute atomic E-state index is 3.73. The number of piperidine rings is 1. The molecule has 1 aliphatic heterocycles. The van der Waals surface area contributed by atoms with E-state index in [4.69, 9.17) is 0 Å². The highest BCUT2D eigenvalue weighted by Crippen LogP contribution is 2.37. The fourth-order valence-corrected chi connectivity index (χ4v) is 7.40. The van der Waals surface area contributed by atoms with Crippen molar-refractivity contribution in [3.8, 4) is 0 Å². The predicted octanol–water partition coefficient (Wildman–Crippen LogP) is 2.42. The zero-order chi connectivity index (χ0) is 9.41. The summed E-state index contributed by atoms with van der Waals surface area (Å²) in [6.45, 7) is 9.51. The number of hydrogen-bond donors (Lipinski definition) is 0. The maximum atomic E-state index is 3.73. The molecule has 0 aromatic rings. The van der Waals surface area contributed by atoms with Crippen molar-refractivity contribution in [3.05, 3.63) is 0 Å². The minimum Gasteiger partial charge on any atom is -0.310 e. The summed E-state index contributed by atoms with van der Waals surface area (Å²) in [5.74, 6) is 0. The van der Waals surface area contributed by atoms with Crippen molar-refractivity contribution in [2.75, 3.05) is 0 Å². The molecular formula is C9H20BrNSi. The largest absolute Gasteiger partial charge is 0.310 e. The second-order valence-electron chi connectivity index (χ2n) is 5.03. The molecule has 1 rings (SSSR count). The van der Waals surface area contributed by atoms with Gasteiger partial charge in [0, 0.05) is 11.1 Å². The fourth-order valence-electron chi connectivity index (χ4n) is 2.37. The van der Waals surface area contributed by atoms with Crippen LogP contribution in [0.1, 0.15) is 47.0 Å². The molecule has 0 atom stereocenters. The molecule has 1 nitrogen and oxygen atoms in total. The zero-order valence-electron chi connectivity index (χ0n) is 8.65. The zero-order valence-corrected chi connectivity index (χ0v) is 11.7. The van der Waals surface area contributed by atoms with E-state index < -0.39 is 0 Å². The Balaban J connectivity index is 2.81. The average Bonchev–Trinajstić information content (AvgIpc) is 1.83. The normalized spacial score (nSPS) is 29.8. The summed E-state index contributed by atoms with van der Waals surface area (Å²) in [4.78, 5) is 0. The molecule has 0 unspecified atom stereocenters. The van der Waals surface area contributed by atoms with E-state index >= 15 is 0 Å². The molecule has 0 aliphatic carbocycles. The molecule has 0 radical (unpaired) electrons. The van der Waals surface area contributed by atoms with E-state index in [2.05, 4.69) is 47.6 Å². The lowest BCUT2D eigenvalue weighted by Gasteiger charge is -2.52. The topological polar surface area (TPSA) is 3.24 Å². The van der Waals surface area contributed by atoms with E-state index in [1.807, 2.05) is 0 Å². The minimum atomic E-state index is -0.194. The highest BCUT2D eigenvalue weighted by molar-refractivity contribution is 9.23. The third-order valence-corrected chi connectivity index (χ3v) is 6.61. The molecule has 0 spiro atoms. The van der Waals surface area contributed by atoms with Gasteiger partial charge in [-0.2, -0.15) is 0 Å². The van der Waals surface area contributed by atoms with E-state index in [-0.39, 0.29) is 8.30 Å². The summed E-state index contributed by atoms with van der Waals surface area (Å²) in [5.41, 5.74) is 0.856. The summed E-state index contributed by atoms with van der Waals surface area (Å²) < 4.78 is 2.70. The monoisotopic (exact) mass is 249 g/mol. The van der Waals surface area contributed by atoms with E-state index in [0.29, 0.717) is 11.1 Å². The van der Waals surface area contributed by atoms with Gasteiger partial charge < -0.3 is 4.57 Å². The molecular weight excluding hydrogens is 230 g/mol. The van der Waals surface area contributed by atoms with Gasteiger partial charge in [0.25, 0.3) is 0 Å². The second kappa shape index (κ2) is 3.43. The van der Waals surface area contributed by atoms with Crippen LogP contribution in [0.2, 0.25) is 0 Å². The Morgan fingerprint density at radius 3 is 1.75 bits per heavy atom. The third kappa shape index (κ3) is 1.94. The molecule has 0 bridgehead atoms. The van der Waals surface area contributed by atoms with Crippen LogP contribution in [-0.2, 0) is 0 Å². The first-order valence-electron chi connectivity index (χ1n) is 4.74. The molecule has 1 fully saturated rings. The SMILES string of the molecule is CC1(C)CCCC(C)(C)N1[SiH2]Br. The molecule has 3 heteroatoms. The van der Waals surface area contributed by atoms with Crippen LogP contribution in [0.4, 0.5) is 0 Å². The molecule has 0 aromatic heterocycles. The first-order valence-corrected chi connectivity index (χ1v) is 9.27. The Bertz CT molecular complexity index is 152. The Morgan fingerprint density at radius 1 is 1.08 bits per heavy atom. The number of nitrogens with zero attached hydrogens (tertiary/aromatic N) is 1. The molecule has 72 valence electrons. The molecule has 0 saturated carbocycles. The van der Waals surface area contributed by atoms with Gasteiger partial charge in [-0.05, 0) is 47.0 Å². The molecule has 1 aliphatic rings. The van der Waals surface area contributed by atoms with Crippen molar-refractivity contribution >= 4 is 23.6 Å². The van der Waals surface area contributed by atoms with Gasteiger partial charge in [0.05, 0.1) is 0 Å².